The number of aliphatic hydroxyl groups excluding tert-OH is 1. The number of hydrogen-bond donors (Lipinski definition) is 2. The zero-order chi connectivity index (χ0) is 19.3. The molecular formula is C18H31IN6O3. The van der Waals surface area contributed by atoms with Gasteiger partial charge in [-0.15, -0.1) is 24.0 Å². The van der Waals surface area contributed by atoms with E-state index >= 15 is 0 Å². The van der Waals surface area contributed by atoms with E-state index in [0.717, 1.165) is 31.0 Å². The Kier molecular flexibility index (Phi) is 8.50. The summed E-state index contributed by atoms with van der Waals surface area (Å²) < 4.78 is 7.12. The predicted octanol–water partition coefficient (Wildman–Crippen LogP) is 0.441. The Hall–Kier alpha value is -1.40. The normalized spacial score (nSPS) is 20.1. The zero-order valence-corrected chi connectivity index (χ0v) is 19.0. The highest BCUT2D eigenvalue weighted by Gasteiger charge is 2.33. The molecule has 0 atom stereocenters. The fourth-order valence-electron chi connectivity index (χ4n) is 3.51. The van der Waals surface area contributed by atoms with E-state index in [2.05, 4.69) is 10.4 Å². The van der Waals surface area contributed by atoms with E-state index in [9.17, 15) is 9.90 Å². The maximum atomic E-state index is 12.7. The molecule has 3 heterocycles. The van der Waals surface area contributed by atoms with E-state index in [0.29, 0.717) is 32.8 Å². The molecule has 2 fully saturated rings. The van der Waals surface area contributed by atoms with Crippen LogP contribution >= 0.6 is 24.0 Å². The third-order valence-corrected chi connectivity index (χ3v) is 5.31. The molecule has 2 saturated heterocycles. The highest BCUT2D eigenvalue weighted by Crippen LogP contribution is 2.30. The number of aromatic nitrogens is 2. The van der Waals surface area contributed by atoms with Crippen LogP contribution in [-0.4, -0.2) is 84.2 Å². The maximum absolute atomic E-state index is 12.7. The topological polar surface area (TPSA) is 95.2 Å². The second-order valence-corrected chi connectivity index (χ2v) is 7.28. The number of nitrogens with one attached hydrogen (secondary N) is 1. The monoisotopic (exact) mass is 506 g/mol. The van der Waals surface area contributed by atoms with E-state index in [4.69, 9.17) is 9.73 Å². The molecule has 3 rings (SSSR count). The quantitative estimate of drug-likeness (QED) is 0.342. The molecule has 1 aromatic rings. The molecule has 2 N–H and O–H groups in total. The number of piperazine rings is 1. The lowest BCUT2D eigenvalue weighted by Crippen LogP contribution is -2.55. The molecule has 0 radical (unpaired) electrons. The van der Waals surface area contributed by atoms with E-state index in [-0.39, 0.29) is 48.5 Å². The third kappa shape index (κ3) is 5.35. The number of ether oxygens (including phenoxy) is 1. The second-order valence-electron chi connectivity index (χ2n) is 7.28. The number of carbonyl (C=O) groups is 1. The minimum Gasteiger partial charge on any atom is -0.396 e. The molecule has 158 valence electrons. The van der Waals surface area contributed by atoms with Crippen LogP contribution < -0.4 is 10.2 Å². The summed E-state index contributed by atoms with van der Waals surface area (Å²) in [5.74, 6) is 0.763. The number of aliphatic imine (C=N–C) groups is 1. The Morgan fingerprint density at radius 1 is 1.39 bits per heavy atom. The molecule has 2 aliphatic rings. The van der Waals surface area contributed by atoms with Gasteiger partial charge in [-0.05, 0) is 19.8 Å². The Morgan fingerprint density at radius 3 is 2.71 bits per heavy atom. The minimum atomic E-state index is -0.222. The largest absolute Gasteiger partial charge is 0.396 e. The first kappa shape index (κ1) is 22.9. The van der Waals surface area contributed by atoms with Crippen molar-refractivity contribution in [2.45, 2.75) is 19.8 Å². The van der Waals surface area contributed by atoms with Crippen LogP contribution in [0.25, 0.3) is 0 Å². The average molecular weight is 506 g/mol. The van der Waals surface area contributed by atoms with Gasteiger partial charge >= 0.3 is 0 Å². The van der Waals surface area contributed by atoms with Crippen LogP contribution in [0.4, 0.5) is 5.69 Å². The minimum absolute atomic E-state index is 0. The first-order valence-electron chi connectivity index (χ1n) is 9.58. The Morgan fingerprint density at radius 2 is 2.14 bits per heavy atom. The fourth-order valence-corrected chi connectivity index (χ4v) is 3.51. The van der Waals surface area contributed by atoms with Crippen molar-refractivity contribution in [1.82, 2.24) is 20.0 Å². The first-order valence-corrected chi connectivity index (χ1v) is 9.58. The van der Waals surface area contributed by atoms with E-state index in [1.54, 1.807) is 15.8 Å². The van der Waals surface area contributed by atoms with Gasteiger partial charge in [0, 0.05) is 51.5 Å². The number of hydrogen-bond acceptors (Lipinski definition) is 5. The van der Waals surface area contributed by atoms with E-state index in [1.807, 2.05) is 25.1 Å². The van der Waals surface area contributed by atoms with Gasteiger partial charge < -0.3 is 25.0 Å². The number of nitrogens with zero attached hydrogens (tertiary/aromatic N) is 5. The number of carbonyl (C=O) groups excluding carboxylic acids is 1. The lowest BCUT2D eigenvalue weighted by atomic mass is 9.81. The summed E-state index contributed by atoms with van der Waals surface area (Å²) >= 11 is 0. The van der Waals surface area contributed by atoms with Crippen molar-refractivity contribution < 1.29 is 14.6 Å². The van der Waals surface area contributed by atoms with Crippen molar-refractivity contribution in [2.24, 2.45) is 17.5 Å². The molecule has 0 saturated carbocycles. The van der Waals surface area contributed by atoms with Crippen LogP contribution in [0.5, 0.6) is 0 Å². The number of anilines is 1. The molecular weight excluding hydrogens is 475 g/mol. The Balaban J connectivity index is 0.00000280. The van der Waals surface area contributed by atoms with Crippen LogP contribution in [0.2, 0.25) is 0 Å². The molecule has 0 aliphatic carbocycles. The van der Waals surface area contributed by atoms with Gasteiger partial charge in [-0.25, -0.2) is 0 Å². The van der Waals surface area contributed by atoms with Crippen LogP contribution in [0.15, 0.2) is 17.4 Å². The molecule has 9 nitrogen and oxygen atoms in total. The number of halogens is 1. The van der Waals surface area contributed by atoms with Gasteiger partial charge in [-0.1, -0.05) is 0 Å². The number of rotatable bonds is 5. The number of aliphatic hydroxyl groups is 1. The average Bonchev–Trinajstić information content (AvgIpc) is 3.12. The van der Waals surface area contributed by atoms with Crippen LogP contribution in [-0.2, 0) is 16.6 Å². The predicted molar refractivity (Wildman–Crippen MR) is 118 cm³/mol. The van der Waals surface area contributed by atoms with E-state index in [1.165, 1.54) is 0 Å². The van der Waals surface area contributed by atoms with Crippen LogP contribution in [0.1, 0.15) is 19.8 Å². The molecule has 0 aromatic carbocycles. The lowest BCUT2D eigenvalue weighted by molar-refractivity contribution is -0.120. The highest BCUT2D eigenvalue weighted by atomic mass is 127. The Labute approximate surface area is 183 Å². The van der Waals surface area contributed by atoms with Crippen molar-refractivity contribution >= 4 is 41.5 Å². The summed E-state index contributed by atoms with van der Waals surface area (Å²) in [5, 5.41) is 17.3. The maximum Gasteiger partial charge on any atom is 0.246 e. The molecule has 0 spiro atoms. The molecule has 0 unspecified atom stereocenters. The van der Waals surface area contributed by atoms with Gasteiger partial charge in [0.2, 0.25) is 5.91 Å². The number of amides is 1. The summed E-state index contributed by atoms with van der Waals surface area (Å²) in [4.78, 5) is 21.2. The second kappa shape index (κ2) is 10.4. The van der Waals surface area contributed by atoms with Gasteiger partial charge in [-0.3, -0.25) is 14.5 Å². The lowest BCUT2D eigenvalue weighted by Gasteiger charge is -2.37. The molecule has 10 heteroatoms. The molecule has 28 heavy (non-hydrogen) atoms. The van der Waals surface area contributed by atoms with Crippen molar-refractivity contribution in [1.29, 1.82) is 0 Å². The molecule has 0 bridgehead atoms. The SMILES string of the molecule is CCNC(=NCC1(CO)CCOCC1)N1CCN(c2cnn(C)c2)C(=O)C1.I. The third-order valence-electron chi connectivity index (χ3n) is 5.31. The van der Waals surface area contributed by atoms with Gasteiger partial charge in [0.05, 0.1) is 25.0 Å². The summed E-state index contributed by atoms with van der Waals surface area (Å²) in [7, 11) is 1.84. The fraction of sp³-hybridized carbons (Fsp3) is 0.722. The first-order chi connectivity index (χ1) is 13.1. The number of guanidine groups is 1. The van der Waals surface area contributed by atoms with Gasteiger partial charge in [-0.2, -0.15) is 5.10 Å². The van der Waals surface area contributed by atoms with Crippen molar-refractivity contribution in [3.63, 3.8) is 0 Å². The summed E-state index contributed by atoms with van der Waals surface area (Å²) in [6, 6.07) is 0. The molecule has 1 amide bonds. The molecule has 2 aliphatic heterocycles. The van der Waals surface area contributed by atoms with Gasteiger partial charge in [0.1, 0.15) is 6.54 Å². The van der Waals surface area contributed by atoms with Gasteiger partial charge in [0.15, 0.2) is 5.96 Å². The smallest absolute Gasteiger partial charge is 0.246 e. The summed E-state index contributed by atoms with van der Waals surface area (Å²) in [6.45, 7) is 6.26. The van der Waals surface area contributed by atoms with Crippen molar-refractivity contribution in [3.05, 3.63) is 12.4 Å². The summed E-state index contributed by atoms with van der Waals surface area (Å²) in [6.07, 6.45) is 5.17. The zero-order valence-electron chi connectivity index (χ0n) is 16.6. The summed E-state index contributed by atoms with van der Waals surface area (Å²) in [5.41, 5.74) is 0.603. The standard InChI is InChI=1S/C18H30N6O3.HI/c1-3-19-17(20-13-18(14-25)4-8-27-9-5-18)23-6-7-24(16(26)12-23)15-10-21-22(2)11-15;/h10-11,25H,3-9,12-14H2,1-2H3,(H,19,20);1H. The van der Waals surface area contributed by atoms with Crippen LogP contribution in [0.3, 0.4) is 0 Å². The highest BCUT2D eigenvalue weighted by molar-refractivity contribution is 14.0. The van der Waals surface area contributed by atoms with Gasteiger partial charge in [0.25, 0.3) is 0 Å². The van der Waals surface area contributed by atoms with Crippen molar-refractivity contribution in [2.75, 3.05) is 57.4 Å². The van der Waals surface area contributed by atoms with Crippen LogP contribution in [0, 0.1) is 5.41 Å². The Bertz CT molecular complexity index is 674. The number of aryl methyl sites for hydroxylation is 1. The van der Waals surface area contributed by atoms with Crippen molar-refractivity contribution in [3.8, 4) is 0 Å². The molecule has 1 aromatic heterocycles. The van der Waals surface area contributed by atoms with E-state index < -0.39 is 0 Å².